The maximum absolute atomic E-state index is 11.7. The first-order valence-electron chi connectivity index (χ1n) is 2.46. The molecule has 0 rings (SSSR count). The van der Waals surface area contributed by atoms with Crippen LogP contribution in [0.4, 0.5) is 17.6 Å². The van der Waals surface area contributed by atoms with E-state index in [2.05, 4.69) is 0 Å². The molecule has 0 aromatic carbocycles. The maximum atomic E-state index is 11.7. The van der Waals surface area contributed by atoms with E-state index < -0.39 is 25.2 Å². The van der Waals surface area contributed by atoms with Crippen molar-refractivity contribution < 1.29 is 17.6 Å². The van der Waals surface area contributed by atoms with Gasteiger partial charge in [-0.2, -0.15) is 8.78 Å². The van der Waals surface area contributed by atoms with Crippen molar-refractivity contribution in [2.75, 3.05) is 0 Å². The van der Waals surface area contributed by atoms with Crippen LogP contribution < -0.4 is 0 Å². The monoisotopic (exact) mass is 143 g/mol. The van der Waals surface area contributed by atoms with Gasteiger partial charge in [0.05, 0.1) is 0 Å². The van der Waals surface area contributed by atoms with Gasteiger partial charge in [-0.15, -0.1) is 0 Å². The van der Waals surface area contributed by atoms with Gasteiger partial charge >= 0.3 is 6.43 Å². The Bertz CT molecular complexity index is 73.5. The molecule has 0 fully saturated rings. The van der Waals surface area contributed by atoms with E-state index in [-0.39, 0.29) is 0 Å². The van der Waals surface area contributed by atoms with Gasteiger partial charge in [0.15, 0.2) is 0 Å². The van der Waals surface area contributed by atoms with Crippen LogP contribution in [0.25, 0.3) is 0 Å². The molecule has 0 amide bonds. The highest BCUT2D eigenvalue weighted by atomic mass is 19.3. The van der Waals surface area contributed by atoms with Crippen LogP contribution in [-0.4, -0.2) is 5.92 Å². The third-order valence-corrected chi connectivity index (χ3v) is 0.753. The summed E-state index contributed by atoms with van der Waals surface area (Å²) in [7, 11) is 0. The molecule has 0 nitrogen and oxygen atoms in total. The van der Waals surface area contributed by atoms with Crippen molar-refractivity contribution >= 4 is 0 Å². The number of rotatable bonds is 3. The lowest BCUT2D eigenvalue weighted by molar-refractivity contribution is 0.00552. The predicted octanol–water partition coefficient (Wildman–Crippen LogP) is 2.85. The zero-order valence-corrected chi connectivity index (χ0v) is 4.93. The predicted molar refractivity (Wildman–Crippen MR) is 25.3 cm³/mol. The lowest BCUT2D eigenvalue weighted by Gasteiger charge is -2.07. The van der Waals surface area contributed by atoms with Gasteiger partial charge < -0.3 is 0 Å². The Labute approximate surface area is 50.9 Å². The van der Waals surface area contributed by atoms with E-state index in [1.165, 1.54) is 0 Å². The van der Waals surface area contributed by atoms with E-state index in [0.29, 0.717) is 6.92 Å². The van der Waals surface area contributed by atoms with Gasteiger partial charge in [-0.3, -0.25) is 0 Å². The minimum Gasteiger partial charge on any atom is -0.207 e. The molecule has 0 saturated carbocycles. The van der Waals surface area contributed by atoms with Crippen LogP contribution in [0.3, 0.4) is 0 Å². The smallest absolute Gasteiger partial charge is 0.207 e. The van der Waals surface area contributed by atoms with E-state index in [9.17, 15) is 17.6 Å². The average Bonchev–Trinajstić information content (AvgIpc) is 1.59. The van der Waals surface area contributed by atoms with Crippen LogP contribution in [0, 0.1) is 6.43 Å². The molecule has 0 aliphatic heterocycles. The van der Waals surface area contributed by atoms with Crippen LogP contribution in [0.1, 0.15) is 19.8 Å². The quantitative estimate of drug-likeness (QED) is 0.533. The lowest BCUT2D eigenvalue weighted by Crippen LogP contribution is -2.09. The van der Waals surface area contributed by atoms with Crippen molar-refractivity contribution in [2.45, 2.75) is 25.7 Å². The topological polar surface area (TPSA) is 0 Å². The van der Waals surface area contributed by atoms with Crippen LogP contribution in [-0.2, 0) is 0 Å². The summed E-state index contributed by atoms with van der Waals surface area (Å²) in [5.41, 5.74) is 0. The Morgan fingerprint density at radius 1 is 1.33 bits per heavy atom. The Morgan fingerprint density at radius 2 is 1.78 bits per heavy atom. The first kappa shape index (κ1) is 8.72. The van der Waals surface area contributed by atoms with Crippen molar-refractivity contribution in [1.82, 2.24) is 0 Å². The fourth-order valence-corrected chi connectivity index (χ4v) is 0.314. The zero-order chi connectivity index (χ0) is 7.49. The minimum absolute atomic E-state index is 0.621. The Hall–Kier alpha value is -0.280. The summed E-state index contributed by atoms with van der Waals surface area (Å²) in [6.45, 7) is 0.621. The maximum Gasteiger partial charge on any atom is 0.310 e. The third kappa shape index (κ3) is 7.72. The number of hydrogen-bond donors (Lipinski definition) is 0. The Kier molecular flexibility index (Phi) is 2.94. The number of alkyl halides is 2. The summed E-state index contributed by atoms with van der Waals surface area (Å²) in [5, 5.41) is 0. The molecule has 0 N–H and O–H groups in total. The molecule has 0 spiro atoms. The molecule has 1 radical (unpaired) electrons. The number of hydrogen-bond acceptors (Lipinski definition) is 0. The second kappa shape index (κ2) is 3.03. The van der Waals surface area contributed by atoms with Crippen molar-refractivity contribution in [3.8, 4) is 0 Å². The lowest BCUT2D eigenvalue weighted by atomic mass is 10.2. The first-order valence-corrected chi connectivity index (χ1v) is 2.46. The molecule has 0 aliphatic carbocycles. The molecule has 0 heterocycles. The molecule has 0 aromatic heterocycles. The molecule has 0 bridgehead atoms. The highest BCUT2D eigenvalue weighted by Crippen LogP contribution is 2.23. The van der Waals surface area contributed by atoms with E-state index in [4.69, 9.17) is 0 Å². The summed E-state index contributed by atoms with van der Waals surface area (Å²) < 4.78 is 45.8. The fourth-order valence-electron chi connectivity index (χ4n) is 0.314. The third-order valence-electron chi connectivity index (χ3n) is 0.753. The van der Waals surface area contributed by atoms with Crippen LogP contribution >= 0.6 is 0 Å². The summed E-state index contributed by atoms with van der Waals surface area (Å²) in [6.07, 6.45) is -3.50. The summed E-state index contributed by atoms with van der Waals surface area (Å²) in [6, 6.07) is 0. The minimum atomic E-state index is -2.97. The molecule has 55 valence electrons. The molecular weight excluding hydrogens is 136 g/mol. The van der Waals surface area contributed by atoms with Gasteiger partial charge in [0.2, 0.25) is 5.92 Å². The number of halogens is 4. The van der Waals surface area contributed by atoms with Crippen LogP contribution in [0.15, 0.2) is 0 Å². The molecular formula is C5H7F4. The van der Waals surface area contributed by atoms with E-state index in [1.807, 2.05) is 0 Å². The van der Waals surface area contributed by atoms with Crippen LogP contribution in [0.5, 0.6) is 0 Å². The standard InChI is InChI=1S/C5H7F4/c1-5(8,9)3-2-4(6)7/h2-3H2,1H3. The van der Waals surface area contributed by atoms with E-state index in [0.717, 1.165) is 0 Å². The normalized spacial score (nSPS) is 12.7. The highest BCUT2D eigenvalue weighted by Gasteiger charge is 2.23. The molecule has 0 unspecified atom stereocenters. The second-order valence-electron chi connectivity index (χ2n) is 1.91. The largest absolute Gasteiger partial charge is 0.310 e. The van der Waals surface area contributed by atoms with Crippen molar-refractivity contribution in [3.63, 3.8) is 0 Å². The molecule has 4 heteroatoms. The fraction of sp³-hybridized carbons (Fsp3) is 0.800. The first-order chi connectivity index (χ1) is 3.92. The van der Waals surface area contributed by atoms with Crippen LogP contribution in [0.2, 0.25) is 0 Å². The highest BCUT2D eigenvalue weighted by molar-refractivity contribution is 4.66. The summed E-state index contributed by atoms with van der Waals surface area (Å²) >= 11 is 0. The Morgan fingerprint density at radius 3 is 1.89 bits per heavy atom. The SMILES string of the molecule is CC(F)(F)CC[C](F)F. The molecule has 0 saturated heterocycles. The van der Waals surface area contributed by atoms with Gasteiger partial charge in [0.1, 0.15) is 0 Å². The Balaban J connectivity index is 3.28. The van der Waals surface area contributed by atoms with Gasteiger partial charge in [0, 0.05) is 12.8 Å². The zero-order valence-electron chi connectivity index (χ0n) is 4.93. The molecule has 9 heavy (non-hydrogen) atoms. The van der Waals surface area contributed by atoms with Gasteiger partial charge in [0.25, 0.3) is 0 Å². The molecule has 0 aromatic rings. The van der Waals surface area contributed by atoms with Gasteiger partial charge in [-0.1, -0.05) is 0 Å². The molecule has 0 aliphatic rings. The van der Waals surface area contributed by atoms with Gasteiger partial charge in [-0.05, 0) is 6.92 Å². The second-order valence-corrected chi connectivity index (χ2v) is 1.91. The van der Waals surface area contributed by atoms with Crippen molar-refractivity contribution in [3.05, 3.63) is 6.43 Å². The summed E-state index contributed by atoms with van der Waals surface area (Å²) in [5.74, 6) is -2.97. The molecule has 0 atom stereocenters. The van der Waals surface area contributed by atoms with E-state index >= 15 is 0 Å². The summed E-state index contributed by atoms with van der Waals surface area (Å²) in [4.78, 5) is 0. The average molecular weight is 143 g/mol. The van der Waals surface area contributed by atoms with Crippen molar-refractivity contribution in [2.24, 2.45) is 0 Å². The van der Waals surface area contributed by atoms with E-state index in [1.54, 1.807) is 0 Å². The van der Waals surface area contributed by atoms with Gasteiger partial charge in [-0.25, -0.2) is 8.78 Å². The van der Waals surface area contributed by atoms with Crippen molar-refractivity contribution in [1.29, 1.82) is 0 Å².